The first-order valence-corrected chi connectivity index (χ1v) is 8.67. The number of nitrogens with zero attached hydrogens (tertiary/aromatic N) is 1. The van der Waals surface area contributed by atoms with Crippen molar-refractivity contribution in [2.45, 2.75) is 31.2 Å². The van der Waals surface area contributed by atoms with Gasteiger partial charge in [0.2, 0.25) is 0 Å². The zero-order chi connectivity index (χ0) is 16.5. The second kappa shape index (κ2) is 4.67. The number of aldehydes is 1. The molecule has 6 rings (SSSR count). The van der Waals surface area contributed by atoms with Gasteiger partial charge in [0.1, 0.15) is 6.29 Å². The van der Waals surface area contributed by atoms with Crippen LogP contribution in [0.15, 0.2) is 35.9 Å². The molecule has 1 saturated heterocycles. The summed E-state index contributed by atoms with van der Waals surface area (Å²) in [6.07, 6.45) is 4.96. The number of nitrogens with one attached hydrogen (secondary N) is 1. The monoisotopic (exact) mass is 320 g/mol. The minimum atomic E-state index is -0.622. The van der Waals surface area contributed by atoms with Crippen LogP contribution in [-0.4, -0.2) is 41.1 Å². The fourth-order valence-corrected chi connectivity index (χ4v) is 5.33. The van der Waals surface area contributed by atoms with Crippen molar-refractivity contribution in [3.8, 4) is 0 Å². The van der Waals surface area contributed by atoms with E-state index in [1.165, 1.54) is 10.9 Å². The van der Waals surface area contributed by atoms with Crippen LogP contribution in [-0.2, 0) is 21.4 Å². The van der Waals surface area contributed by atoms with E-state index in [1.807, 2.05) is 12.1 Å². The van der Waals surface area contributed by atoms with Crippen LogP contribution in [0.4, 0.5) is 0 Å². The normalized spacial score (nSPS) is 33.7. The lowest BCUT2D eigenvalue weighted by Crippen LogP contribution is -2.62. The van der Waals surface area contributed by atoms with E-state index in [0.29, 0.717) is 0 Å². The Bertz CT molecular complexity index is 909. The van der Waals surface area contributed by atoms with Gasteiger partial charge in [-0.1, -0.05) is 24.3 Å². The second-order valence-electron chi connectivity index (χ2n) is 7.47. The van der Waals surface area contributed by atoms with Gasteiger partial charge in [-0.3, -0.25) is 9.69 Å². The maximum atomic E-state index is 12.5. The molecular weight excluding hydrogens is 300 g/mol. The van der Waals surface area contributed by atoms with Crippen molar-refractivity contribution in [3.05, 3.63) is 47.2 Å². The number of piperidine rings is 1. The summed E-state index contributed by atoms with van der Waals surface area (Å²) in [7, 11) is 0. The molecule has 4 heteroatoms. The van der Waals surface area contributed by atoms with Crippen LogP contribution in [0.2, 0.25) is 0 Å². The van der Waals surface area contributed by atoms with E-state index in [9.17, 15) is 9.59 Å². The van der Waals surface area contributed by atoms with E-state index < -0.39 is 5.41 Å². The molecule has 1 fully saturated rings. The Hall–Kier alpha value is -2.20. The van der Waals surface area contributed by atoms with E-state index >= 15 is 0 Å². The predicted octanol–water partition coefficient (Wildman–Crippen LogP) is 2.38. The lowest BCUT2D eigenvalue weighted by molar-refractivity contribution is -0.120. The molecule has 1 aromatic heterocycles. The maximum absolute atomic E-state index is 12.5. The number of benzene rings is 1. The fourth-order valence-electron chi connectivity index (χ4n) is 5.33. The smallest absolute Gasteiger partial charge is 0.157 e. The molecule has 0 saturated carbocycles. The quantitative estimate of drug-likeness (QED) is 0.865. The highest BCUT2D eigenvalue weighted by Crippen LogP contribution is 2.50. The lowest BCUT2D eigenvalue weighted by Gasteiger charge is -2.52. The lowest BCUT2D eigenvalue weighted by atomic mass is 9.61. The molecule has 1 aliphatic carbocycles. The predicted molar refractivity (Wildman–Crippen MR) is 92.0 cm³/mol. The van der Waals surface area contributed by atoms with Crippen molar-refractivity contribution in [2.75, 3.05) is 13.1 Å². The average molecular weight is 320 g/mol. The van der Waals surface area contributed by atoms with Crippen molar-refractivity contribution < 1.29 is 9.59 Å². The summed E-state index contributed by atoms with van der Waals surface area (Å²) < 4.78 is 0. The molecule has 4 bridgehead atoms. The largest absolute Gasteiger partial charge is 0.357 e. The van der Waals surface area contributed by atoms with Crippen molar-refractivity contribution in [2.24, 2.45) is 5.92 Å². The minimum Gasteiger partial charge on any atom is -0.357 e. The van der Waals surface area contributed by atoms with E-state index in [0.717, 1.165) is 49.0 Å². The average Bonchev–Trinajstić information content (AvgIpc) is 2.94. The van der Waals surface area contributed by atoms with Crippen LogP contribution < -0.4 is 0 Å². The number of carbonyl (C=O) groups is 2. The first-order valence-electron chi connectivity index (χ1n) is 8.67. The standard InChI is InChI=1S/C20H20N2O2/c1-12(24)16-8-13-9-20(11-23)18-15(6-7-22(10-13)19(16)20)14-4-2-3-5-17(14)21-18/h2-5,8,11,13,19,21H,6-7,9-10H2,1H3. The number of ketones is 1. The van der Waals surface area contributed by atoms with Gasteiger partial charge < -0.3 is 9.78 Å². The van der Waals surface area contributed by atoms with E-state index in [-0.39, 0.29) is 17.7 Å². The van der Waals surface area contributed by atoms with Gasteiger partial charge in [-0.2, -0.15) is 0 Å². The number of Topliss-reactive ketones (excluding diaryl/α,β-unsaturated/α-hetero) is 1. The van der Waals surface area contributed by atoms with Gasteiger partial charge in [0.25, 0.3) is 0 Å². The molecule has 4 unspecified atom stereocenters. The van der Waals surface area contributed by atoms with E-state index in [4.69, 9.17) is 0 Å². The molecule has 4 aliphatic rings. The van der Waals surface area contributed by atoms with Crippen molar-refractivity contribution in [1.82, 2.24) is 9.88 Å². The number of para-hydroxylation sites is 1. The molecule has 2 aromatic rings. The minimum absolute atomic E-state index is 0.0974. The van der Waals surface area contributed by atoms with Gasteiger partial charge in [-0.25, -0.2) is 0 Å². The molecule has 4 heterocycles. The Morgan fingerprint density at radius 2 is 2.21 bits per heavy atom. The zero-order valence-electron chi connectivity index (χ0n) is 13.7. The molecule has 4 nitrogen and oxygen atoms in total. The molecule has 1 aromatic carbocycles. The number of hydrogen-bond acceptors (Lipinski definition) is 3. The summed E-state index contributed by atoms with van der Waals surface area (Å²) in [5.41, 5.74) is 3.60. The highest BCUT2D eigenvalue weighted by atomic mass is 16.1. The third-order valence-electron chi connectivity index (χ3n) is 6.18. The summed E-state index contributed by atoms with van der Waals surface area (Å²) in [6.45, 7) is 3.49. The Morgan fingerprint density at radius 1 is 1.38 bits per heavy atom. The molecule has 1 N–H and O–H groups in total. The summed E-state index contributed by atoms with van der Waals surface area (Å²) in [6, 6.07) is 8.16. The molecule has 0 amide bonds. The first kappa shape index (κ1) is 14.2. The van der Waals surface area contributed by atoms with Crippen LogP contribution in [0.5, 0.6) is 0 Å². The third kappa shape index (κ3) is 1.62. The molecule has 0 spiro atoms. The fraction of sp³-hybridized carbons (Fsp3) is 0.400. The summed E-state index contributed by atoms with van der Waals surface area (Å²) >= 11 is 0. The highest BCUT2D eigenvalue weighted by Gasteiger charge is 2.56. The van der Waals surface area contributed by atoms with Gasteiger partial charge in [0.05, 0.1) is 11.5 Å². The van der Waals surface area contributed by atoms with Gasteiger partial charge in [-0.05, 0) is 37.3 Å². The zero-order valence-corrected chi connectivity index (χ0v) is 13.7. The van der Waals surface area contributed by atoms with Gasteiger partial charge in [0.15, 0.2) is 5.78 Å². The number of rotatable bonds is 2. The van der Waals surface area contributed by atoms with Crippen LogP contribution in [0, 0.1) is 5.92 Å². The Balaban J connectivity index is 1.82. The van der Waals surface area contributed by atoms with Gasteiger partial charge in [-0.15, -0.1) is 0 Å². The van der Waals surface area contributed by atoms with Crippen LogP contribution in [0.1, 0.15) is 24.6 Å². The number of aromatic nitrogens is 1. The summed E-state index contributed by atoms with van der Waals surface area (Å²) in [5.74, 6) is 0.372. The maximum Gasteiger partial charge on any atom is 0.157 e. The highest BCUT2D eigenvalue weighted by molar-refractivity contribution is 5.97. The van der Waals surface area contributed by atoms with Crippen molar-refractivity contribution >= 4 is 23.0 Å². The van der Waals surface area contributed by atoms with Crippen LogP contribution >= 0.6 is 0 Å². The number of carbonyl (C=O) groups excluding carboxylic acids is 2. The first-order chi connectivity index (χ1) is 11.6. The molecule has 122 valence electrons. The SMILES string of the molecule is CC(=O)C1=CC2CN3CCc4c([nH]c5ccccc45)C(C=O)(C2)C13. The molecular formula is C20H20N2O2. The van der Waals surface area contributed by atoms with E-state index in [1.54, 1.807) is 6.92 Å². The van der Waals surface area contributed by atoms with E-state index in [2.05, 4.69) is 28.1 Å². The summed E-state index contributed by atoms with van der Waals surface area (Å²) in [4.78, 5) is 30.6. The van der Waals surface area contributed by atoms with Crippen LogP contribution in [0.3, 0.4) is 0 Å². The number of hydrogen-bond donors (Lipinski definition) is 1. The molecule has 24 heavy (non-hydrogen) atoms. The number of fused-ring (bicyclic) bond motifs is 3. The van der Waals surface area contributed by atoms with Crippen molar-refractivity contribution in [3.63, 3.8) is 0 Å². The number of H-pyrrole nitrogens is 1. The van der Waals surface area contributed by atoms with Gasteiger partial charge >= 0.3 is 0 Å². The third-order valence-corrected chi connectivity index (χ3v) is 6.18. The molecule has 4 atom stereocenters. The van der Waals surface area contributed by atoms with Gasteiger partial charge in [0, 0.05) is 35.3 Å². The molecule has 3 aliphatic heterocycles. The number of aromatic amines is 1. The van der Waals surface area contributed by atoms with Crippen LogP contribution in [0.25, 0.3) is 10.9 Å². The Kier molecular flexibility index (Phi) is 2.76. The topological polar surface area (TPSA) is 53.2 Å². The second-order valence-corrected chi connectivity index (χ2v) is 7.47. The Morgan fingerprint density at radius 3 is 3.00 bits per heavy atom. The molecule has 0 radical (unpaired) electrons. The Labute approximate surface area is 140 Å². The summed E-state index contributed by atoms with van der Waals surface area (Å²) in [5, 5.41) is 1.21. The van der Waals surface area contributed by atoms with Crippen molar-refractivity contribution in [1.29, 1.82) is 0 Å².